The van der Waals surface area contributed by atoms with Gasteiger partial charge in [-0.1, -0.05) is 0 Å². The van der Waals surface area contributed by atoms with Crippen LogP contribution in [0.15, 0.2) is 35.7 Å². The highest BCUT2D eigenvalue weighted by molar-refractivity contribution is 7.92. The number of nitrogens with zero attached hydrogens (tertiary/aromatic N) is 3. The van der Waals surface area contributed by atoms with Crippen molar-refractivity contribution in [1.82, 2.24) is 14.8 Å². The molecule has 0 saturated heterocycles. The quantitative estimate of drug-likeness (QED) is 0.818. The number of hydrogen-bond donors (Lipinski definition) is 2. The molecular formula is C12H14N4O4S. The van der Waals surface area contributed by atoms with E-state index >= 15 is 0 Å². The van der Waals surface area contributed by atoms with E-state index in [0.29, 0.717) is 5.69 Å². The van der Waals surface area contributed by atoms with Gasteiger partial charge in [0.05, 0.1) is 31.0 Å². The molecule has 0 atom stereocenters. The summed E-state index contributed by atoms with van der Waals surface area (Å²) in [4.78, 5) is 14.3. The van der Waals surface area contributed by atoms with Gasteiger partial charge in [0.1, 0.15) is 4.90 Å². The Balaban J connectivity index is 2.14. The fraction of sp³-hybridized carbons (Fsp3) is 0.250. The summed E-state index contributed by atoms with van der Waals surface area (Å²) in [5.74, 6) is -0.973. The number of hydrogen-bond acceptors (Lipinski definition) is 5. The Hall–Kier alpha value is -2.42. The molecule has 2 rings (SSSR count). The van der Waals surface area contributed by atoms with Gasteiger partial charge in [0.25, 0.3) is 10.0 Å². The maximum atomic E-state index is 12.2. The first-order valence-electron chi connectivity index (χ1n) is 6.05. The van der Waals surface area contributed by atoms with Gasteiger partial charge in [0, 0.05) is 12.4 Å². The number of carbonyl (C=O) groups is 1. The van der Waals surface area contributed by atoms with Crippen LogP contribution in [0.25, 0.3) is 0 Å². The topological polar surface area (TPSA) is 114 Å². The SMILES string of the molecule is Cc1cncc(NS(=O)(=O)c2cnn(CCC(=O)O)c2)c1. The number of aliphatic carboxylic acids is 1. The van der Waals surface area contributed by atoms with Crippen LogP contribution in [-0.4, -0.2) is 34.3 Å². The average Bonchev–Trinajstić information content (AvgIpc) is 2.85. The van der Waals surface area contributed by atoms with Crippen molar-refractivity contribution in [2.24, 2.45) is 0 Å². The number of anilines is 1. The Bertz CT molecular complexity index is 754. The summed E-state index contributed by atoms with van der Waals surface area (Å²) in [6.07, 6.45) is 5.35. The van der Waals surface area contributed by atoms with E-state index in [-0.39, 0.29) is 17.9 Å². The van der Waals surface area contributed by atoms with Gasteiger partial charge in [0.2, 0.25) is 0 Å². The molecule has 0 aromatic carbocycles. The molecule has 8 nitrogen and oxygen atoms in total. The molecule has 0 aliphatic heterocycles. The molecule has 2 N–H and O–H groups in total. The Morgan fingerprint density at radius 1 is 1.38 bits per heavy atom. The van der Waals surface area contributed by atoms with Crippen molar-refractivity contribution in [3.05, 3.63) is 36.4 Å². The van der Waals surface area contributed by atoms with E-state index in [0.717, 1.165) is 5.56 Å². The number of carboxylic acid groups (broad SMARTS) is 1. The van der Waals surface area contributed by atoms with E-state index in [4.69, 9.17) is 5.11 Å². The largest absolute Gasteiger partial charge is 0.481 e. The summed E-state index contributed by atoms with van der Waals surface area (Å²) < 4.78 is 28.0. The minimum Gasteiger partial charge on any atom is -0.481 e. The molecule has 0 fully saturated rings. The summed E-state index contributed by atoms with van der Waals surface area (Å²) in [6, 6.07) is 1.65. The van der Waals surface area contributed by atoms with Gasteiger partial charge in [-0.3, -0.25) is 19.2 Å². The smallest absolute Gasteiger partial charge is 0.305 e. The predicted octanol–water partition coefficient (Wildman–Crippen LogP) is 0.862. The van der Waals surface area contributed by atoms with Crippen molar-refractivity contribution in [2.75, 3.05) is 4.72 Å². The lowest BCUT2D eigenvalue weighted by Gasteiger charge is -2.06. The number of aromatic nitrogens is 3. The van der Waals surface area contributed by atoms with E-state index in [2.05, 4.69) is 14.8 Å². The first kappa shape index (κ1) is 15.0. The Morgan fingerprint density at radius 2 is 2.14 bits per heavy atom. The molecule has 2 aromatic rings. The van der Waals surface area contributed by atoms with Crippen LogP contribution in [0.2, 0.25) is 0 Å². The number of sulfonamides is 1. The molecule has 0 radical (unpaired) electrons. The number of pyridine rings is 1. The van der Waals surface area contributed by atoms with Gasteiger partial charge >= 0.3 is 5.97 Å². The van der Waals surface area contributed by atoms with Crippen LogP contribution in [0.1, 0.15) is 12.0 Å². The van der Waals surface area contributed by atoms with Gasteiger partial charge in [-0.15, -0.1) is 0 Å². The third kappa shape index (κ3) is 4.02. The van der Waals surface area contributed by atoms with Crippen LogP contribution in [0, 0.1) is 6.92 Å². The lowest BCUT2D eigenvalue weighted by Crippen LogP contribution is -2.12. The van der Waals surface area contributed by atoms with E-state index in [1.807, 2.05) is 0 Å². The zero-order valence-electron chi connectivity index (χ0n) is 11.2. The number of nitrogens with one attached hydrogen (secondary N) is 1. The summed E-state index contributed by atoms with van der Waals surface area (Å²) >= 11 is 0. The van der Waals surface area contributed by atoms with Crippen molar-refractivity contribution in [1.29, 1.82) is 0 Å². The molecule has 0 amide bonds. The van der Waals surface area contributed by atoms with Gasteiger partial charge in [-0.05, 0) is 18.6 Å². The number of carboxylic acids is 1. The monoisotopic (exact) mass is 310 g/mol. The van der Waals surface area contributed by atoms with Crippen LogP contribution in [0.3, 0.4) is 0 Å². The zero-order chi connectivity index (χ0) is 15.5. The van der Waals surface area contributed by atoms with Crippen LogP contribution in [0.4, 0.5) is 5.69 Å². The Labute approximate surface area is 121 Å². The van der Waals surface area contributed by atoms with E-state index in [9.17, 15) is 13.2 Å². The fourth-order valence-electron chi connectivity index (χ4n) is 1.64. The van der Waals surface area contributed by atoms with Gasteiger partial charge < -0.3 is 5.11 Å². The summed E-state index contributed by atoms with van der Waals surface area (Å²) in [6.45, 7) is 1.91. The first-order valence-corrected chi connectivity index (χ1v) is 7.54. The Kier molecular flexibility index (Phi) is 4.22. The minimum absolute atomic E-state index is 0.0330. The van der Waals surface area contributed by atoms with Crippen molar-refractivity contribution < 1.29 is 18.3 Å². The molecule has 112 valence electrons. The van der Waals surface area contributed by atoms with Crippen molar-refractivity contribution in [3.63, 3.8) is 0 Å². The number of aryl methyl sites for hydroxylation is 2. The molecule has 2 aromatic heterocycles. The molecule has 0 spiro atoms. The average molecular weight is 310 g/mol. The fourth-order valence-corrected chi connectivity index (χ4v) is 2.63. The molecule has 0 aliphatic carbocycles. The van der Waals surface area contributed by atoms with Gasteiger partial charge in [0.15, 0.2) is 0 Å². The lowest BCUT2D eigenvalue weighted by atomic mass is 10.3. The van der Waals surface area contributed by atoms with Crippen molar-refractivity contribution in [3.8, 4) is 0 Å². The second-order valence-electron chi connectivity index (χ2n) is 4.44. The van der Waals surface area contributed by atoms with E-state index < -0.39 is 16.0 Å². The van der Waals surface area contributed by atoms with Crippen LogP contribution < -0.4 is 4.72 Å². The lowest BCUT2D eigenvalue weighted by molar-refractivity contribution is -0.137. The molecular weight excluding hydrogens is 296 g/mol. The standard InChI is InChI=1S/C12H14N4O4S/c1-9-4-10(6-13-5-9)15-21(19,20)11-7-14-16(8-11)3-2-12(17)18/h4-8,15H,2-3H2,1H3,(H,17,18). The summed E-state index contributed by atoms with van der Waals surface area (Å²) in [5.41, 5.74) is 1.18. The third-order valence-electron chi connectivity index (χ3n) is 2.60. The zero-order valence-corrected chi connectivity index (χ0v) is 12.0. The molecule has 21 heavy (non-hydrogen) atoms. The molecule has 9 heteroatoms. The molecule has 0 bridgehead atoms. The Morgan fingerprint density at radius 3 is 2.81 bits per heavy atom. The third-order valence-corrected chi connectivity index (χ3v) is 3.94. The summed E-state index contributed by atoms with van der Waals surface area (Å²) in [5, 5.41) is 12.4. The molecule has 0 unspecified atom stereocenters. The number of rotatable bonds is 6. The predicted molar refractivity (Wildman–Crippen MR) is 74.3 cm³/mol. The van der Waals surface area contributed by atoms with E-state index in [1.54, 1.807) is 19.2 Å². The normalized spacial score (nSPS) is 11.3. The van der Waals surface area contributed by atoms with Crippen LogP contribution in [0.5, 0.6) is 0 Å². The first-order chi connectivity index (χ1) is 9.87. The second-order valence-corrected chi connectivity index (χ2v) is 6.12. The minimum atomic E-state index is -3.77. The maximum absolute atomic E-state index is 12.2. The van der Waals surface area contributed by atoms with Crippen molar-refractivity contribution in [2.45, 2.75) is 24.8 Å². The summed E-state index contributed by atoms with van der Waals surface area (Å²) in [7, 11) is -3.77. The molecule has 0 aliphatic rings. The van der Waals surface area contributed by atoms with Crippen LogP contribution >= 0.6 is 0 Å². The van der Waals surface area contributed by atoms with Crippen molar-refractivity contribution >= 4 is 21.7 Å². The molecule has 0 saturated carbocycles. The second kappa shape index (κ2) is 5.92. The van der Waals surface area contributed by atoms with Crippen LogP contribution in [-0.2, 0) is 21.4 Å². The highest BCUT2D eigenvalue weighted by Gasteiger charge is 2.17. The van der Waals surface area contributed by atoms with Gasteiger partial charge in [-0.25, -0.2) is 8.42 Å². The van der Waals surface area contributed by atoms with Gasteiger partial charge in [-0.2, -0.15) is 5.10 Å². The highest BCUT2D eigenvalue weighted by Crippen LogP contribution is 2.15. The molecule has 2 heterocycles. The van der Waals surface area contributed by atoms with E-state index in [1.165, 1.54) is 23.3 Å². The highest BCUT2D eigenvalue weighted by atomic mass is 32.2. The maximum Gasteiger partial charge on any atom is 0.305 e.